The van der Waals surface area contributed by atoms with Crippen molar-refractivity contribution < 1.29 is 4.74 Å². The molecule has 0 aliphatic rings. The average molecular weight is 304 g/mol. The lowest BCUT2D eigenvalue weighted by atomic mass is 9.98. The van der Waals surface area contributed by atoms with Crippen LogP contribution in [0, 0.1) is 0 Å². The molecule has 0 aliphatic carbocycles. The summed E-state index contributed by atoms with van der Waals surface area (Å²) in [5.41, 5.74) is 2.43. The van der Waals surface area contributed by atoms with Crippen LogP contribution >= 0.6 is 11.6 Å². The van der Waals surface area contributed by atoms with E-state index in [-0.39, 0.29) is 12.1 Å². The summed E-state index contributed by atoms with van der Waals surface area (Å²) in [4.78, 5) is 0. The highest BCUT2D eigenvalue weighted by Crippen LogP contribution is 2.28. The van der Waals surface area contributed by atoms with E-state index in [9.17, 15) is 0 Å². The molecular weight excluding hydrogens is 282 g/mol. The van der Waals surface area contributed by atoms with Crippen molar-refractivity contribution in [1.29, 1.82) is 0 Å². The molecule has 0 aromatic heterocycles. The average Bonchev–Trinajstić information content (AvgIpc) is 2.47. The lowest BCUT2D eigenvalue weighted by Crippen LogP contribution is -2.20. The van der Waals surface area contributed by atoms with Crippen LogP contribution in [0.2, 0.25) is 5.02 Å². The van der Waals surface area contributed by atoms with Gasteiger partial charge in [-0.2, -0.15) is 0 Å². The third-order valence-electron chi connectivity index (χ3n) is 3.36. The van der Waals surface area contributed by atoms with Gasteiger partial charge in [-0.15, -0.1) is 0 Å². The van der Waals surface area contributed by atoms with Crippen LogP contribution in [0.4, 0.5) is 0 Å². The van der Waals surface area contributed by atoms with Crippen LogP contribution in [-0.2, 0) is 6.42 Å². The zero-order chi connectivity index (χ0) is 15.2. The maximum Gasteiger partial charge on any atom is 0.124 e. The molecule has 0 aliphatic heterocycles. The topological polar surface area (TPSA) is 21.3 Å². The summed E-state index contributed by atoms with van der Waals surface area (Å²) < 4.78 is 5.92. The van der Waals surface area contributed by atoms with E-state index in [1.54, 1.807) is 0 Å². The number of benzene rings is 2. The normalized spacial score (nSPS) is 12.4. The molecular formula is C18H22ClNO. The van der Waals surface area contributed by atoms with E-state index in [1.807, 2.05) is 45.2 Å². The first-order valence-corrected chi connectivity index (χ1v) is 7.65. The smallest absolute Gasteiger partial charge is 0.124 e. The van der Waals surface area contributed by atoms with Gasteiger partial charge < -0.3 is 10.1 Å². The second kappa shape index (κ2) is 7.48. The number of halogens is 1. The van der Waals surface area contributed by atoms with Crippen LogP contribution in [0.3, 0.4) is 0 Å². The van der Waals surface area contributed by atoms with Crippen molar-refractivity contribution >= 4 is 11.6 Å². The van der Waals surface area contributed by atoms with Gasteiger partial charge in [0.1, 0.15) is 5.75 Å². The van der Waals surface area contributed by atoms with Gasteiger partial charge in [-0.05, 0) is 51.1 Å². The minimum Gasteiger partial charge on any atom is -0.491 e. The SMILES string of the molecule is CNC(Cc1ccc(Cl)cc1)c1ccccc1OC(C)C. The Kier molecular flexibility index (Phi) is 5.66. The Labute approximate surface area is 132 Å². The molecule has 0 fully saturated rings. The molecule has 2 aromatic rings. The highest BCUT2D eigenvalue weighted by Gasteiger charge is 2.15. The van der Waals surface area contributed by atoms with E-state index < -0.39 is 0 Å². The highest BCUT2D eigenvalue weighted by atomic mass is 35.5. The Hall–Kier alpha value is -1.51. The zero-order valence-electron chi connectivity index (χ0n) is 12.8. The molecule has 112 valence electrons. The molecule has 0 saturated heterocycles. The van der Waals surface area contributed by atoms with E-state index in [0.717, 1.165) is 17.2 Å². The molecule has 1 N–H and O–H groups in total. The van der Waals surface area contributed by atoms with E-state index in [1.165, 1.54) is 11.1 Å². The lowest BCUT2D eigenvalue weighted by Gasteiger charge is -2.21. The van der Waals surface area contributed by atoms with Crippen molar-refractivity contribution in [3.05, 3.63) is 64.7 Å². The lowest BCUT2D eigenvalue weighted by molar-refractivity contribution is 0.238. The summed E-state index contributed by atoms with van der Waals surface area (Å²) in [7, 11) is 1.98. The van der Waals surface area contributed by atoms with Crippen LogP contribution in [0.25, 0.3) is 0 Å². The minimum atomic E-state index is 0.166. The molecule has 2 aromatic carbocycles. The second-order valence-corrected chi connectivity index (χ2v) is 5.81. The van der Waals surface area contributed by atoms with E-state index in [2.05, 4.69) is 29.6 Å². The van der Waals surface area contributed by atoms with Crippen molar-refractivity contribution in [3.8, 4) is 5.75 Å². The Morgan fingerprint density at radius 2 is 1.71 bits per heavy atom. The fourth-order valence-electron chi connectivity index (χ4n) is 2.35. The van der Waals surface area contributed by atoms with Crippen molar-refractivity contribution in [2.75, 3.05) is 7.05 Å². The molecule has 0 heterocycles. The second-order valence-electron chi connectivity index (χ2n) is 5.38. The number of nitrogens with one attached hydrogen (secondary N) is 1. The highest BCUT2D eigenvalue weighted by molar-refractivity contribution is 6.30. The van der Waals surface area contributed by atoms with Crippen LogP contribution in [0.15, 0.2) is 48.5 Å². The van der Waals surface area contributed by atoms with Gasteiger partial charge in [-0.3, -0.25) is 0 Å². The first kappa shape index (κ1) is 15.9. The van der Waals surface area contributed by atoms with Crippen molar-refractivity contribution in [2.24, 2.45) is 0 Å². The number of likely N-dealkylation sites (N-methyl/N-ethyl adjacent to an activating group) is 1. The van der Waals surface area contributed by atoms with Crippen LogP contribution in [-0.4, -0.2) is 13.2 Å². The first-order valence-electron chi connectivity index (χ1n) is 7.27. The number of hydrogen-bond donors (Lipinski definition) is 1. The number of hydrogen-bond acceptors (Lipinski definition) is 2. The summed E-state index contributed by atoms with van der Waals surface area (Å²) in [6, 6.07) is 16.4. The fourth-order valence-corrected chi connectivity index (χ4v) is 2.48. The molecule has 0 radical (unpaired) electrons. The van der Waals surface area contributed by atoms with Crippen molar-refractivity contribution in [3.63, 3.8) is 0 Å². The zero-order valence-corrected chi connectivity index (χ0v) is 13.5. The van der Waals surface area contributed by atoms with Gasteiger partial charge >= 0.3 is 0 Å². The van der Waals surface area contributed by atoms with Gasteiger partial charge in [-0.1, -0.05) is 41.9 Å². The number of rotatable bonds is 6. The Bertz CT molecular complexity index is 566. The van der Waals surface area contributed by atoms with Crippen molar-refractivity contribution in [2.45, 2.75) is 32.4 Å². The minimum absolute atomic E-state index is 0.166. The van der Waals surface area contributed by atoms with E-state index in [4.69, 9.17) is 16.3 Å². The summed E-state index contributed by atoms with van der Waals surface area (Å²) in [6.45, 7) is 4.09. The molecule has 0 amide bonds. The van der Waals surface area contributed by atoms with Crippen molar-refractivity contribution in [1.82, 2.24) is 5.32 Å². The molecule has 0 bridgehead atoms. The maximum atomic E-state index is 5.95. The van der Waals surface area contributed by atoms with Gasteiger partial charge in [0.15, 0.2) is 0 Å². The Morgan fingerprint density at radius 3 is 2.33 bits per heavy atom. The maximum absolute atomic E-state index is 5.95. The third-order valence-corrected chi connectivity index (χ3v) is 3.61. The standard InChI is InChI=1S/C18H22ClNO/c1-13(2)21-18-7-5-4-6-16(18)17(20-3)12-14-8-10-15(19)11-9-14/h4-11,13,17,20H,12H2,1-3H3. The molecule has 3 heteroatoms. The summed E-state index contributed by atoms with van der Waals surface area (Å²) in [6.07, 6.45) is 1.06. The van der Waals surface area contributed by atoms with Crippen LogP contribution < -0.4 is 10.1 Å². The molecule has 0 spiro atoms. The van der Waals surface area contributed by atoms with E-state index >= 15 is 0 Å². The largest absolute Gasteiger partial charge is 0.491 e. The number of ether oxygens (including phenoxy) is 1. The van der Waals surface area contributed by atoms with Gasteiger partial charge in [-0.25, -0.2) is 0 Å². The molecule has 1 unspecified atom stereocenters. The monoisotopic (exact) mass is 303 g/mol. The first-order chi connectivity index (χ1) is 10.1. The van der Waals surface area contributed by atoms with Gasteiger partial charge in [0.05, 0.1) is 6.10 Å². The van der Waals surface area contributed by atoms with Gasteiger partial charge in [0, 0.05) is 16.6 Å². The fraction of sp³-hybridized carbons (Fsp3) is 0.333. The molecule has 21 heavy (non-hydrogen) atoms. The van der Waals surface area contributed by atoms with Crippen LogP contribution in [0.5, 0.6) is 5.75 Å². The van der Waals surface area contributed by atoms with E-state index in [0.29, 0.717) is 0 Å². The van der Waals surface area contributed by atoms with Gasteiger partial charge in [0.2, 0.25) is 0 Å². The summed E-state index contributed by atoms with van der Waals surface area (Å²) in [5, 5.41) is 4.15. The quantitative estimate of drug-likeness (QED) is 0.840. The Morgan fingerprint density at radius 1 is 1.05 bits per heavy atom. The predicted molar refractivity (Wildman–Crippen MR) is 89.2 cm³/mol. The van der Waals surface area contributed by atoms with Crippen LogP contribution in [0.1, 0.15) is 31.0 Å². The predicted octanol–water partition coefficient (Wildman–Crippen LogP) is 4.63. The molecule has 1 atom stereocenters. The molecule has 2 rings (SSSR count). The van der Waals surface area contributed by atoms with Gasteiger partial charge in [0.25, 0.3) is 0 Å². The molecule has 0 saturated carbocycles. The summed E-state index contributed by atoms with van der Waals surface area (Å²) >= 11 is 5.95. The molecule has 2 nitrogen and oxygen atoms in total. The number of para-hydroxylation sites is 1. The summed E-state index contributed by atoms with van der Waals surface area (Å²) in [5.74, 6) is 0.945. The third kappa shape index (κ3) is 4.48. The Balaban J connectivity index is 2.22.